The van der Waals surface area contributed by atoms with Crippen molar-refractivity contribution in [3.63, 3.8) is 0 Å². The summed E-state index contributed by atoms with van der Waals surface area (Å²) in [5.41, 5.74) is 6.71. The molecule has 0 atom stereocenters. The largest absolute Gasteiger partial charge is 0.351 e. The van der Waals surface area contributed by atoms with Gasteiger partial charge >= 0.3 is 0 Å². The number of nitrogens with zero attached hydrogens (tertiary/aromatic N) is 5. The molecule has 3 aromatic heterocycles. The van der Waals surface area contributed by atoms with Gasteiger partial charge in [0.1, 0.15) is 0 Å². The van der Waals surface area contributed by atoms with Gasteiger partial charge in [-0.3, -0.25) is 9.78 Å². The first kappa shape index (κ1) is 23.6. The van der Waals surface area contributed by atoms with Crippen LogP contribution in [0.4, 0.5) is 0 Å². The molecule has 2 aromatic carbocycles. The first-order valence-corrected chi connectivity index (χ1v) is 13.0. The van der Waals surface area contributed by atoms with E-state index in [9.17, 15) is 4.79 Å². The maximum Gasteiger partial charge on any atom is 0.252 e. The van der Waals surface area contributed by atoms with Gasteiger partial charge in [-0.1, -0.05) is 29.8 Å². The number of carbonyl (C=O) groups is 1. The fourth-order valence-electron chi connectivity index (χ4n) is 4.98. The molecule has 1 amide bonds. The Balaban J connectivity index is 1.28. The summed E-state index contributed by atoms with van der Waals surface area (Å²) in [6.45, 7) is 5.72. The highest BCUT2D eigenvalue weighted by atomic mass is 35.5. The summed E-state index contributed by atoms with van der Waals surface area (Å²) in [6.07, 6.45) is 6.11. The van der Waals surface area contributed by atoms with Gasteiger partial charge in [-0.15, -0.1) is 0 Å². The third kappa shape index (κ3) is 4.68. The predicted octanol–water partition coefficient (Wildman–Crippen LogP) is 5.40. The number of fused-ring (bicyclic) bond motifs is 2. The SMILES string of the molecule is Cc1cc(-c2ccc(C(=O)NCCN3CCCC3)c(Cl)c2)nn2c(-c3ccc4ncccc4c3)cnc12. The standard InChI is InChI=1S/C29H27ClN6O/c1-19-15-26(21-6-8-23(24(30)17-21)29(37)32-11-14-35-12-2-3-13-35)34-36-27(18-33-28(19)36)22-7-9-25-20(16-22)5-4-10-31-25/h4-10,15-18H,2-3,11-14H2,1H3,(H,32,37). The van der Waals surface area contributed by atoms with Crippen LogP contribution in [0.1, 0.15) is 28.8 Å². The van der Waals surface area contributed by atoms with Crippen molar-refractivity contribution in [2.75, 3.05) is 26.2 Å². The maximum atomic E-state index is 12.7. The zero-order valence-corrected chi connectivity index (χ0v) is 21.4. The van der Waals surface area contributed by atoms with E-state index in [0.29, 0.717) is 17.1 Å². The molecule has 1 saturated heterocycles. The highest BCUT2D eigenvalue weighted by molar-refractivity contribution is 6.34. The number of aromatic nitrogens is 4. The topological polar surface area (TPSA) is 75.4 Å². The summed E-state index contributed by atoms with van der Waals surface area (Å²) in [6, 6.07) is 17.6. The molecule has 0 radical (unpaired) electrons. The number of hydrogen-bond donors (Lipinski definition) is 1. The second-order valence-corrected chi connectivity index (χ2v) is 9.91. The van der Waals surface area contributed by atoms with Crippen molar-refractivity contribution in [1.29, 1.82) is 0 Å². The molecule has 186 valence electrons. The molecule has 4 heterocycles. The van der Waals surface area contributed by atoms with E-state index in [0.717, 1.165) is 64.3 Å². The van der Waals surface area contributed by atoms with E-state index in [1.165, 1.54) is 12.8 Å². The highest BCUT2D eigenvalue weighted by Crippen LogP contribution is 2.29. The van der Waals surface area contributed by atoms with Crippen LogP contribution in [0.5, 0.6) is 0 Å². The molecular weight excluding hydrogens is 484 g/mol. The number of amides is 1. The average molecular weight is 511 g/mol. The predicted molar refractivity (Wildman–Crippen MR) is 147 cm³/mol. The van der Waals surface area contributed by atoms with Gasteiger partial charge < -0.3 is 10.2 Å². The van der Waals surface area contributed by atoms with E-state index in [-0.39, 0.29) is 5.91 Å². The molecule has 5 aromatic rings. The maximum absolute atomic E-state index is 12.7. The van der Waals surface area contributed by atoms with E-state index in [1.54, 1.807) is 12.3 Å². The van der Waals surface area contributed by atoms with Crippen LogP contribution in [0.25, 0.3) is 39.1 Å². The molecule has 6 rings (SSSR count). The highest BCUT2D eigenvalue weighted by Gasteiger charge is 2.16. The molecule has 1 N–H and O–H groups in total. The molecular formula is C29H27ClN6O. The Hall–Kier alpha value is -3.81. The van der Waals surface area contributed by atoms with Crippen LogP contribution in [0.2, 0.25) is 5.02 Å². The molecule has 1 fully saturated rings. The summed E-state index contributed by atoms with van der Waals surface area (Å²) < 4.78 is 1.87. The minimum absolute atomic E-state index is 0.155. The Kier molecular flexibility index (Phi) is 6.32. The molecule has 37 heavy (non-hydrogen) atoms. The Morgan fingerprint density at radius 1 is 1.03 bits per heavy atom. The smallest absolute Gasteiger partial charge is 0.252 e. The van der Waals surface area contributed by atoms with Crippen molar-refractivity contribution in [1.82, 2.24) is 29.8 Å². The van der Waals surface area contributed by atoms with Gasteiger partial charge in [0.2, 0.25) is 0 Å². The van der Waals surface area contributed by atoms with Crippen molar-refractivity contribution < 1.29 is 4.79 Å². The van der Waals surface area contributed by atoms with Gasteiger partial charge in [-0.25, -0.2) is 9.50 Å². The Morgan fingerprint density at radius 2 is 1.86 bits per heavy atom. The molecule has 1 aliphatic heterocycles. The fraction of sp³-hybridized carbons (Fsp3) is 0.241. The quantitative estimate of drug-likeness (QED) is 0.331. The van der Waals surface area contributed by atoms with Gasteiger partial charge in [-0.05, 0) is 74.8 Å². The molecule has 1 aliphatic rings. The molecule has 0 spiro atoms. The molecule has 0 bridgehead atoms. The number of imidazole rings is 1. The summed E-state index contributed by atoms with van der Waals surface area (Å²) in [4.78, 5) is 24.1. The lowest BCUT2D eigenvalue weighted by Crippen LogP contribution is -2.33. The van der Waals surface area contributed by atoms with Crippen LogP contribution in [0.3, 0.4) is 0 Å². The summed E-state index contributed by atoms with van der Waals surface area (Å²) in [5, 5.41) is 9.37. The monoisotopic (exact) mass is 510 g/mol. The normalized spacial score (nSPS) is 14.0. The third-order valence-corrected chi connectivity index (χ3v) is 7.28. The number of rotatable bonds is 6. The number of pyridine rings is 1. The minimum Gasteiger partial charge on any atom is -0.351 e. The van der Waals surface area contributed by atoms with Crippen LogP contribution in [0.15, 0.2) is 67.0 Å². The number of carbonyl (C=O) groups excluding carboxylic acids is 1. The number of hydrogen-bond acceptors (Lipinski definition) is 5. The van der Waals surface area contributed by atoms with Gasteiger partial charge in [0.25, 0.3) is 5.91 Å². The molecule has 0 unspecified atom stereocenters. The van der Waals surface area contributed by atoms with Crippen molar-refractivity contribution in [3.05, 3.63) is 83.1 Å². The third-order valence-electron chi connectivity index (χ3n) is 6.97. The first-order chi connectivity index (χ1) is 18.1. The second-order valence-electron chi connectivity index (χ2n) is 9.50. The summed E-state index contributed by atoms with van der Waals surface area (Å²) in [5.74, 6) is -0.155. The molecule has 7 nitrogen and oxygen atoms in total. The first-order valence-electron chi connectivity index (χ1n) is 12.6. The zero-order chi connectivity index (χ0) is 25.4. The number of halogens is 1. The van der Waals surface area contributed by atoms with E-state index in [1.807, 2.05) is 60.1 Å². The lowest BCUT2D eigenvalue weighted by molar-refractivity contribution is 0.0950. The number of benzene rings is 2. The molecule has 8 heteroatoms. The lowest BCUT2D eigenvalue weighted by atomic mass is 10.1. The van der Waals surface area contributed by atoms with Crippen molar-refractivity contribution >= 4 is 34.1 Å². The minimum atomic E-state index is -0.155. The van der Waals surface area contributed by atoms with E-state index in [4.69, 9.17) is 16.7 Å². The number of likely N-dealkylation sites (tertiary alicyclic amines) is 1. The van der Waals surface area contributed by atoms with E-state index >= 15 is 0 Å². The fourth-order valence-corrected chi connectivity index (χ4v) is 5.25. The van der Waals surface area contributed by atoms with Gasteiger partial charge in [0.05, 0.1) is 33.7 Å². The Bertz CT molecular complexity index is 1620. The summed E-state index contributed by atoms with van der Waals surface area (Å²) >= 11 is 6.58. The van der Waals surface area contributed by atoms with Crippen LogP contribution < -0.4 is 5.32 Å². The average Bonchev–Trinajstić information content (AvgIpc) is 3.59. The van der Waals surface area contributed by atoms with Gasteiger partial charge in [0.15, 0.2) is 5.65 Å². The van der Waals surface area contributed by atoms with Gasteiger partial charge in [-0.2, -0.15) is 5.10 Å². The summed E-state index contributed by atoms with van der Waals surface area (Å²) in [7, 11) is 0. The lowest BCUT2D eigenvalue weighted by Gasteiger charge is -2.15. The number of aryl methyl sites for hydroxylation is 1. The van der Waals surface area contributed by atoms with Crippen molar-refractivity contribution in [2.45, 2.75) is 19.8 Å². The number of nitrogens with one attached hydrogen (secondary N) is 1. The van der Waals surface area contributed by atoms with Crippen LogP contribution in [-0.4, -0.2) is 56.6 Å². The Labute approximate surface area is 220 Å². The van der Waals surface area contributed by atoms with Crippen LogP contribution in [0, 0.1) is 6.92 Å². The van der Waals surface area contributed by atoms with Crippen molar-refractivity contribution in [3.8, 4) is 22.5 Å². The van der Waals surface area contributed by atoms with Crippen LogP contribution in [-0.2, 0) is 0 Å². The van der Waals surface area contributed by atoms with Crippen molar-refractivity contribution in [2.24, 2.45) is 0 Å². The molecule has 0 aliphatic carbocycles. The van der Waals surface area contributed by atoms with E-state index in [2.05, 4.69) is 26.3 Å². The van der Waals surface area contributed by atoms with Crippen LogP contribution >= 0.6 is 11.6 Å². The van der Waals surface area contributed by atoms with E-state index < -0.39 is 0 Å². The second kappa shape index (κ2) is 9.92. The zero-order valence-electron chi connectivity index (χ0n) is 20.6. The Morgan fingerprint density at radius 3 is 2.70 bits per heavy atom. The van der Waals surface area contributed by atoms with Gasteiger partial charge in [0, 0.05) is 35.8 Å². The molecule has 0 saturated carbocycles.